The number of nitrogens with one attached hydrogen (secondary N) is 1. The van der Waals surface area contributed by atoms with Crippen molar-refractivity contribution in [3.05, 3.63) is 169 Å². The number of rotatable bonds is 7. The Hall–Kier alpha value is -4.66. The van der Waals surface area contributed by atoms with Gasteiger partial charge in [-0.3, -0.25) is 0 Å². The molecule has 40 heavy (non-hydrogen) atoms. The molecule has 0 radical (unpaired) electrons. The second-order valence-corrected chi connectivity index (χ2v) is 14.2. The zero-order chi connectivity index (χ0) is 27.4. The van der Waals surface area contributed by atoms with E-state index in [1.807, 2.05) is 0 Å². The van der Waals surface area contributed by atoms with Gasteiger partial charge in [0, 0.05) is 11.4 Å². The third-order valence-electron chi connectivity index (χ3n) is 7.85. The van der Waals surface area contributed by atoms with Crippen molar-refractivity contribution in [1.29, 1.82) is 0 Å². The maximum absolute atomic E-state index is 3.73. The topological polar surface area (TPSA) is 12.0 Å². The molecule has 1 N–H and O–H groups in total. The van der Waals surface area contributed by atoms with Gasteiger partial charge in [-0.05, 0) is 81.1 Å². The van der Waals surface area contributed by atoms with Crippen molar-refractivity contribution in [1.82, 2.24) is 0 Å². The van der Waals surface area contributed by atoms with Crippen LogP contribution in [0.4, 0.5) is 11.4 Å². The largest absolute Gasteiger partial charge is 0.355 e. The highest BCUT2D eigenvalue weighted by Gasteiger charge is 2.41. The Morgan fingerprint density at radius 1 is 0.400 bits per heavy atom. The molecule has 0 bridgehead atoms. The Bertz CT molecular complexity index is 1580. The summed E-state index contributed by atoms with van der Waals surface area (Å²) in [4.78, 5) is 0. The zero-order valence-corrected chi connectivity index (χ0v) is 24.0. The average Bonchev–Trinajstić information content (AvgIpc) is 3.02. The summed E-state index contributed by atoms with van der Waals surface area (Å²) in [5.41, 5.74) is 7.24. The third-order valence-corrected chi connectivity index (χ3v) is 12.6. The molecule has 0 saturated heterocycles. The lowest BCUT2D eigenvalue weighted by atomic mass is 9.99. The number of hydrogen-bond acceptors (Lipinski definition) is 1. The summed E-state index contributed by atoms with van der Waals surface area (Å²) in [6, 6.07) is 57.5. The minimum absolute atomic E-state index is 1.10. The van der Waals surface area contributed by atoms with E-state index < -0.39 is 8.07 Å². The molecule has 2 heteroatoms. The molecule has 0 fully saturated rings. The normalized spacial score (nSPS) is 11.2. The molecular formula is C38H33NSi. The second kappa shape index (κ2) is 11.2. The van der Waals surface area contributed by atoms with E-state index in [0.717, 1.165) is 5.69 Å². The highest BCUT2D eigenvalue weighted by molar-refractivity contribution is 7.19. The van der Waals surface area contributed by atoms with Crippen LogP contribution in [-0.2, 0) is 0 Å². The molecule has 0 heterocycles. The van der Waals surface area contributed by atoms with Crippen molar-refractivity contribution >= 4 is 40.2 Å². The van der Waals surface area contributed by atoms with Crippen LogP contribution in [0.5, 0.6) is 0 Å². The molecule has 0 aliphatic heterocycles. The molecule has 6 aromatic carbocycles. The molecule has 0 aliphatic rings. The fourth-order valence-corrected chi connectivity index (χ4v) is 10.7. The summed E-state index contributed by atoms with van der Waals surface area (Å²) in [5, 5.41) is 9.26. The predicted molar refractivity (Wildman–Crippen MR) is 175 cm³/mol. The maximum Gasteiger partial charge on any atom is 0.179 e. The SMILES string of the molecule is Cc1cc(-c2ccccc2)cc(C)c1Nc1ccc([Si](c2ccccc2)(c2ccccc2)c2ccccc2)cc1. The van der Waals surface area contributed by atoms with E-state index in [-0.39, 0.29) is 0 Å². The van der Waals surface area contributed by atoms with Crippen molar-refractivity contribution in [3.8, 4) is 11.1 Å². The molecule has 6 rings (SSSR count). The summed E-state index contributed by atoms with van der Waals surface area (Å²) in [5.74, 6) is 0. The van der Waals surface area contributed by atoms with Crippen LogP contribution >= 0.6 is 0 Å². The lowest BCUT2D eigenvalue weighted by Crippen LogP contribution is -2.74. The van der Waals surface area contributed by atoms with Crippen LogP contribution in [0, 0.1) is 13.8 Å². The number of anilines is 2. The van der Waals surface area contributed by atoms with Gasteiger partial charge in [-0.1, -0.05) is 133 Å². The Morgan fingerprint density at radius 3 is 1.20 bits per heavy atom. The Morgan fingerprint density at radius 2 is 0.775 bits per heavy atom. The lowest BCUT2D eigenvalue weighted by Gasteiger charge is -2.34. The lowest BCUT2D eigenvalue weighted by molar-refractivity contribution is 1.36. The van der Waals surface area contributed by atoms with Crippen LogP contribution in [0.3, 0.4) is 0 Å². The van der Waals surface area contributed by atoms with E-state index in [0.29, 0.717) is 0 Å². The molecule has 6 aromatic rings. The van der Waals surface area contributed by atoms with Gasteiger partial charge in [-0.15, -0.1) is 0 Å². The molecule has 194 valence electrons. The third kappa shape index (κ3) is 4.79. The molecule has 0 atom stereocenters. The molecule has 0 aliphatic carbocycles. The first-order valence-electron chi connectivity index (χ1n) is 13.9. The van der Waals surface area contributed by atoms with Crippen LogP contribution in [0.25, 0.3) is 11.1 Å². The van der Waals surface area contributed by atoms with Crippen molar-refractivity contribution < 1.29 is 0 Å². The van der Waals surface area contributed by atoms with Crippen molar-refractivity contribution in [2.75, 3.05) is 5.32 Å². The standard InChI is InChI=1S/C38H33NSi/c1-29-27-32(31-15-7-3-8-16-31)28-30(2)38(29)39-33-23-25-37(26-24-33)40(34-17-9-4-10-18-34,35-19-11-5-12-20-35)36-21-13-6-14-22-36/h3-28,39H,1-2H3. The van der Waals surface area contributed by atoms with Gasteiger partial charge in [-0.25, -0.2) is 0 Å². The van der Waals surface area contributed by atoms with Crippen molar-refractivity contribution in [2.24, 2.45) is 0 Å². The quantitative estimate of drug-likeness (QED) is 0.171. The summed E-state index contributed by atoms with van der Waals surface area (Å²) >= 11 is 0. The van der Waals surface area contributed by atoms with E-state index in [1.54, 1.807) is 0 Å². The minimum atomic E-state index is -2.51. The Labute approximate surface area is 238 Å². The van der Waals surface area contributed by atoms with Gasteiger partial charge in [0.25, 0.3) is 0 Å². The van der Waals surface area contributed by atoms with Gasteiger partial charge in [0.05, 0.1) is 0 Å². The molecule has 1 nitrogen and oxygen atoms in total. The number of benzene rings is 6. The highest BCUT2D eigenvalue weighted by atomic mass is 28.3. The minimum Gasteiger partial charge on any atom is -0.355 e. The highest BCUT2D eigenvalue weighted by Crippen LogP contribution is 2.30. The van der Waals surface area contributed by atoms with E-state index >= 15 is 0 Å². The molecule has 0 spiro atoms. The van der Waals surface area contributed by atoms with Crippen LogP contribution < -0.4 is 26.1 Å². The molecule has 0 unspecified atom stereocenters. The van der Waals surface area contributed by atoms with E-state index in [2.05, 4.69) is 177 Å². The number of aryl methyl sites for hydroxylation is 2. The summed E-state index contributed by atoms with van der Waals surface area (Å²) in [6.07, 6.45) is 0. The molecule has 0 saturated carbocycles. The second-order valence-electron chi connectivity index (χ2n) is 10.4. The fourth-order valence-electron chi connectivity index (χ4n) is 5.97. The van der Waals surface area contributed by atoms with Crippen LogP contribution in [0.2, 0.25) is 0 Å². The van der Waals surface area contributed by atoms with Gasteiger partial charge in [0.15, 0.2) is 8.07 Å². The summed E-state index contributed by atoms with van der Waals surface area (Å²) in [7, 11) is -2.51. The van der Waals surface area contributed by atoms with Crippen molar-refractivity contribution in [3.63, 3.8) is 0 Å². The van der Waals surface area contributed by atoms with E-state index in [1.165, 1.54) is 48.7 Å². The van der Waals surface area contributed by atoms with Gasteiger partial charge >= 0.3 is 0 Å². The smallest absolute Gasteiger partial charge is 0.179 e. The number of hydrogen-bond donors (Lipinski definition) is 1. The first-order chi connectivity index (χ1) is 19.7. The average molecular weight is 532 g/mol. The van der Waals surface area contributed by atoms with Crippen LogP contribution in [0.1, 0.15) is 11.1 Å². The van der Waals surface area contributed by atoms with E-state index in [9.17, 15) is 0 Å². The van der Waals surface area contributed by atoms with Gasteiger partial charge < -0.3 is 5.32 Å². The van der Waals surface area contributed by atoms with Gasteiger partial charge in [0.1, 0.15) is 0 Å². The van der Waals surface area contributed by atoms with E-state index in [4.69, 9.17) is 0 Å². The first-order valence-corrected chi connectivity index (χ1v) is 15.9. The summed E-state index contributed by atoms with van der Waals surface area (Å²) in [6.45, 7) is 4.38. The predicted octanol–water partition coefficient (Wildman–Crippen LogP) is 7.09. The monoisotopic (exact) mass is 531 g/mol. The molecule has 0 aromatic heterocycles. The molecular weight excluding hydrogens is 499 g/mol. The first kappa shape index (κ1) is 25.6. The Balaban J connectivity index is 1.43. The maximum atomic E-state index is 3.73. The van der Waals surface area contributed by atoms with Crippen LogP contribution in [-0.4, -0.2) is 8.07 Å². The van der Waals surface area contributed by atoms with Gasteiger partial charge in [-0.2, -0.15) is 0 Å². The summed E-state index contributed by atoms with van der Waals surface area (Å²) < 4.78 is 0. The Kier molecular flexibility index (Phi) is 7.18. The van der Waals surface area contributed by atoms with Crippen LogP contribution in [0.15, 0.2) is 158 Å². The fraction of sp³-hybridized carbons (Fsp3) is 0.0526. The van der Waals surface area contributed by atoms with Gasteiger partial charge in [0.2, 0.25) is 0 Å². The van der Waals surface area contributed by atoms with Crippen molar-refractivity contribution in [2.45, 2.75) is 13.8 Å². The molecule has 0 amide bonds. The zero-order valence-electron chi connectivity index (χ0n) is 23.0.